The van der Waals surface area contributed by atoms with Gasteiger partial charge in [-0.05, 0) is 38.0 Å². The minimum Gasteiger partial charge on any atom is -0.397 e. The SMILES string of the molecule is CCC(C)OCCCC(=O)Nc1ccc(F)cc1N. The van der Waals surface area contributed by atoms with Gasteiger partial charge in [0.05, 0.1) is 17.5 Å². The predicted molar refractivity (Wildman–Crippen MR) is 74.4 cm³/mol. The molecule has 0 bridgehead atoms. The van der Waals surface area contributed by atoms with Crippen molar-refractivity contribution in [2.45, 2.75) is 39.2 Å². The molecule has 1 unspecified atom stereocenters. The van der Waals surface area contributed by atoms with Crippen molar-refractivity contribution < 1.29 is 13.9 Å². The average Bonchev–Trinajstić information content (AvgIpc) is 2.37. The lowest BCUT2D eigenvalue weighted by atomic mass is 10.2. The maximum absolute atomic E-state index is 12.8. The molecule has 4 nitrogen and oxygen atoms in total. The highest BCUT2D eigenvalue weighted by Crippen LogP contribution is 2.19. The number of nitrogens with one attached hydrogen (secondary N) is 1. The molecule has 0 aliphatic heterocycles. The summed E-state index contributed by atoms with van der Waals surface area (Å²) in [5.41, 5.74) is 6.27. The van der Waals surface area contributed by atoms with E-state index in [9.17, 15) is 9.18 Å². The predicted octanol–water partition coefficient (Wildman–Crippen LogP) is 2.94. The fraction of sp³-hybridized carbons (Fsp3) is 0.500. The van der Waals surface area contributed by atoms with E-state index in [1.165, 1.54) is 18.2 Å². The number of anilines is 2. The normalized spacial score (nSPS) is 12.2. The van der Waals surface area contributed by atoms with Gasteiger partial charge in [0.2, 0.25) is 5.91 Å². The largest absolute Gasteiger partial charge is 0.397 e. The summed E-state index contributed by atoms with van der Waals surface area (Å²) >= 11 is 0. The quantitative estimate of drug-likeness (QED) is 0.590. The minimum absolute atomic E-state index is 0.147. The number of nitrogens with two attached hydrogens (primary N) is 1. The van der Waals surface area contributed by atoms with Crippen LogP contribution < -0.4 is 11.1 Å². The number of hydrogen-bond donors (Lipinski definition) is 2. The molecule has 0 aliphatic carbocycles. The molecule has 0 saturated heterocycles. The van der Waals surface area contributed by atoms with Crippen molar-refractivity contribution in [1.82, 2.24) is 0 Å². The van der Waals surface area contributed by atoms with Crippen LogP contribution in [-0.4, -0.2) is 18.6 Å². The number of halogens is 1. The van der Waals surface area contributed by atoms with Gasteiger partial charge < -0.3 is 15.8 Å². The van der Waals surface area contributed by atoms with E-state index in [0.29, 0.717) is 25.1 Å². The lowest BCUT2D eigenvalue weighted by Gasteiger charge is -2.11. The first-order valence-corrected chi connectivity index (χ1v) is 6.49. The molecule has 0 spiro atoms. The Kier molecular flexibility index (Phi) is 6.29. The van der Waals surface area contributed by atoms with Gasteiger partial charge in [-0.3, -0.25) is 4.79 Å². The zero-order chi connectivity index (χ0) is 14.3. The summed E-state index contributed by atoms with van der Waals surface area (Å²) < 4.78 is 18.3. The monoisotopic (exact) mass is 268 g/mol. The van der Waals surface area contributed by atoms with Gasteiger partial charge in [0.25, 0.3) is 0 Å². The number of hydrogen-bond acceptors (Lipinski definition) is 3. The molecule has 0 fully saturated rings. The smallest absolute Gasteiger partial charge is 0.224 e. The first kappa shape index (κ1) is 15.4. The van der Waals surface area contributed by atoms with Crippen LogP contribution in [0.15, 0.2) is 18.2 Å². The van der Waals surface area contributed by atoms with Crippen molar-refractivity contribution in [2.75, 3.05) is 17.7 Å². The summed E-state index contributed by atoms with van der Waals surface area (Å²) in [7, 11) is 0. The molecule has 106 valence electrons. The van der Waals surface area contributed by atoms with E-state index in [1.54, 1.807) is 0 Å². The summed E-state index contributed by atoms with van der Waals surface area (Å²) in [6.07, 6.45) is 2.18. The van der Waals surface area contributed by atoms with Crippen LogP contribution >= 0.6 is 0 Å². The molecule has 0 aromatic heterocycles. The van der Waals surface area contributed by atoms with E-state index in [4.69, 9.17) is 10.5 Å². The minimum atomic E-state index is -0.419. The van der Waals surface area contributed by atoms with Gasteiger partial charge >= 0.3 is 0 Å². The Morgan fingerprint density at radius 1 is 1.53 bits per heavy atom. The number of rotatable bonds is 7. The Bertz CT molecular complexity index is 424. The fourth-order valence-electron chi connectivity index (χ4n) is 1.50. The number of nitrogen functional groups attached to an aromatic ring is 1. The van der Waals surface area contributed by atoms with Crippen LogP contribution in [0.4, 0.5) is 15.8 Å². The molecular weight excluding hydrogens is 247 g/mol. The fourth-order valence-corrected chi connectivity index (χ4v) is 1.50. The maximum atomic E-state index is 12.8. The Hall–Kier alpha value is -1.62. The lowest BCUT2D eigenvalue weighted by Crippen LogP contribution is -2.14. The van der Waals surface area contributed by atoms with Gasteiger partial charge in [-0.1, -0.05) is 6.92 Å². The number of carbonyl (C=O) groups is 1. The van der Waals surface area contributed by atoms with Crippen LogP contribution in [0.25, 0.3) is 0 Å². The second kappa shape index (κ2) is 7.74. The van der Waals surface area contributed by atoms with Gasteiger partial charge in [0, 0.05) is 13.0 Å². The van der Waals surface area contributed by atoms with Crippen LogP contribution in [0.3, 0.4) is 0 Å². The third kappa shape index (κ3) is 5.70. The summed E-state index contributed by atoms with van der Waals surface area (Å²) in [5, 5.41) is 2.65. The second-order valence-electron chi connectivity index (χ2n) is 4.47. The van der Waals surface area contributed by atoms with Crippen LogP contribution in [-0.2, 0) is 9.53 Å². The average molecular weight is 268 g/mol. The Morgan fingerprint density at radius 2 is 2.26 bits per heavy atom. The van der Waals surface area contributed by atoms with E-state index in [1.807, 2.05) is 6.92 Å². The van der Waals surface area contributed by atoms with E-state index in [0.717, 1.165) is 6.42 Å². The zero-order valence-electron chi connectivity index (χ0n) is 11.4. The number of amides is 1. The van der Waals surface area contributed by atoms with Crippen LogP contribution in [0.2, 0.25) is 0 Å². The molecule has 1 aromatic carbocycles. The Morgan fingerprint density at radius 3 is 2.89 bits per heavy atom. The van der Waals surface area contributed by atoms with Crippen molar-refractivity contribution in [3.63, 3.8) is 0 Å². The molecule has 0 saturated carbocycles. The van der Waals surface area contributed by atoms with Gasteiger partial charge in [-0.2, -0.15) is 0 Å². The highest BCUT2D eigenvalue weighted by atomic mass is 19.1. The lowest BCUT2D eigenvalue weighted by molar-refractivity contribution is -0.116. The number of benzene rings is 1. The third-order valence-corrected chi connectivity index (χ3v) is 2.81. The first-order chi connectivity index (χ1) is 9.02. The molecule has 1 amide bonds. The van der Waals surface area contributed by atoms with Crippen molar-refractivity contribution >= 4 is 17.3 Å². The molecule has 5 heteroatoms. The summed E-state index contributed by atoms with van der Waals surface area (Å²) in [4.78, 5) is 11.6. The zero-order valence-corrected chi connectivity index (χ0v) is 11.4. The molecule has 3 N–H and O–H groups in total. The number of ether oxygens (including phenoxy) is 1. The van der Waals surface area contributed by atoms with Crippen molar-refractivity contribution in [2.24, 2.45) is 0 Å². The van der Waals surface area contributed by atoms with Crippen molar-refractivity contribution in [3.8, 4) is 0 Å². The van der Waals surface area contributed by atoms with Crippen molar-refractivity contribution in [3.05, 3.63) is 24.0 Å². The molecule has 19 heavy (non-hydrogen) atoms. The van der Waals surface area contributed by atoms with E-state index in [-0.39, 0.29) is 17.7 Å². The Labute approximate surface area is 113 Å². The summed E-state index contributed by atoms with van der Waals surface area (Å²) in [6.45, 7) is 4.61. The molecule has 0 radical (unpaired) electrons. The Balaban J connectivity index is 2.31. The second-order valence-corrected chi connectivity index (χ2v) is 4.47. The van der Waals surface area contributed by atoms with Gasteiger partial charge in [0.1, 0.15) is 5.82 Å². The van der Waals surface area contributed by atoms with Gasteiger partial charge in [0.15, 0.2) is 0 Å². The summed E-state index contributed by atoms with van der Waals surface area (Å²) in [6, 6.07) is 3.90. The molecule has 1 atom stereocenters. The van der Waals surface area contributed by atoms with Crippen molar-refractivity contribution in [1.29, 1.82) is 0 Å². The van der Waals surface area contributed by atoms with E-state index < -0.39 is 5.82 Å². The van der Waals surface area contributed by atoms with E-state index in [2.05, 4.69) is 12.2 Å². The highest BCUT2D eigenvalue weighted by Gasteiger charge is 2.06. The topological polar surface area (TPSA) is 64.3 Å². The molecule has 1 aromatic rings. The van der Waals surface area contributed by atoms with Crippen LogP contribution in [0, 0.1) is 5.82 Å². The number of carbonyl (C=O) groups excluding carboxylic acids is 1. The standard InChI is InChI=1S/C14H21FN2O2/c1-3-10(2)19-8-4-5-14(18)17-13-7-6-11(15)9-12(13)16/h6-7,9-10H,3-5,8,16H2,1-2H3,(H,17,18). The molecule has 1 rings (SSSR count). The summed E-state index contributed by atoms with van der Waals surface area (Å²) in [5.74, 6) is -0.566. The van der Waals surface area contributed by atoms with Crippen LogP contribution in [0.5, 0.6) is 0 Å². The first-order valence-electron chi connectivity index (χ1n) is 6.49. The van der Waals surface area contributed by atoms with E-state index >= 15 is 0 Å². The maximum Gasteiger partial charge on any atom is 0.224 e. The molecule has 0 heterocycles. The highest BCUT2D eigenvalue weighted by molar-refractivity contribution is 5.93. The molecular formula is C14H21FN2O2. The van der Waals surface area contributed by atoms with Gasteiger partial charge in [-0.15, -0.1) is 0 Å². The van der Waals surface area contributed by atoms with Crippen LogP contribution in [0.1, 0.15) is 33.1 Å². The molecule has 0 aliphatic rings. The van der Waals surface area contributed by atoms with Gasteiger partial charge in [-0.25, -0.2) is 4.39 Å². The third-order valence-electron chi connectivity index (χ3n) is 2.81.